The Morgan fingerprint density at radius 2 is 2.00 bits per heavy atom. The van der Waals surface area contributed by atoms with E-state index in [1.54, 1.807) is 6.20 Å². The molecule has 0 aliphatic carbocycles. The molecule has 5 nitrogen and oxygen atoms in total. The minimum Gasteiger partial charge on any atom is -0.488 e. The van der Waals surface area contributed by atoms with Gasteiger partial charge in [0.25, 0.3) is 0 Å². The zero-order valence-electron chi connectivity index (χ0n) is 12.0. The fraction of sp³-hybridized carbons (Fsp3) is 0.0588. The van der Waals surface area contributed by atoms with Gasteiger partial charge in [-0.3, -0.25) is 10.1 Å². The third kappa shape index (κ3) is 3.43. The number of hydrogen-bond donors (Lipinski definition) is 1. The number of benzene rings is 2. The fourth-order valence-corrected chi connectivity index (χ4v) is 2.78. The van der Waals surface area contributed by atoms with Crippen molar-refractivity contribution in [1.82, 2.24) is 4.98 Å². The Labute approximate surface area is 140 Å². The summed E-state index contributed by atoms with van der Waals surface area (Å²) in [6, 6.07) is 13.6. The molecule has 0 radical (unpaired) electrons. The summed E-state index contributed by atoms with van der Waals surface area (Å²) in [5.74, 6) is 0.677. The first kappa shape index (κ1) is 15.3. The summed E-state index contributed by atoms with van der Waals surface area (Å²) in [6.45, 7) is 0.432. The van der Waals surface area contributed by atoms with Gasteiger partial charge in [0.15, 0.2) is 0 Å². The summed E-state index contributed by atoms with van der Waals surface area (Å²) in [6.07, 6.45) is 4.11. The van der Waals surface area contributed by atoms with Crippen LogP contribution in [0.5, 0.6) is 5.75 Å². The van der Waals surface area contributed by atoms with Crippen molar-refractivity contribution >= 4 is 32.9 Å². The number of rotatable bonds is 5. The predicted octanol–water partition coefficient (Wildman–Crippen LogP) is 4.76. The summed E-state index contributed by atoms with van der Waals surface area (Å²) < 4.78 is 6.80. The average Bonchev–Trinajstić information content (AvgIpc) is 2.98. The third-order valence-corrected chi connectivity index (χ3v) is 4.05. The highest BCUT2D eigenvalue weighted by molar-refractivity contribution is 9.10. The van der Waals surface area contributed by atoms with E-state index < -0.39 is 4.92 Å². The highest BCUT2D eigenvalue weighted by Gasteiger charge is 2.12. The SMILES string of the molecule is O=[N+]([O-])/C=C/c1c[nH]c2c(Br)ccc(OCc3ccccc3)c12. The molecule has 1 aromatic heterocycles. The largest absolute Gasteiger partial charge is 0.488 e. The Kier molecular flexibility index (Phi) is 4.43. The lowest BCUT2D eigenvalue weighted by Gasteiger charge is -2.09. The molecule has 0 bridgehead atoms. The molecule has 23 heavy (non-hydrogen) atoms. The second kappa shape index (κ2) is 6.66. The van der Waals surface area contributed by atoms with E-state index in [1.807, 2.05) is 42.5 Å². The number of hydrogen-bond acceptors (Lipinski definition) is 3. The molecule has 2 aromatic carbocycles. The lowest BCUT2D eigenvalue weighted by Crippen LogP contribution is -1.96. The number of aromatic amines is 1. The normalized spacial score (nSPS) is 11.2. The molecule has 3 aromatic rings. The molecule has 0 amide bonds. The standard InChI is InChI=1S/C17H13BrN2O3/c18-14-6-7-15(23-11-12-4-2-1-3-5-12)16-13(8-9-20(21)22)10-19-17(14)16/h1-10,19H,11H2/b9-8+. The maximum absolute atomic E-state index is 10.6. The average molecular weight is 373 g/mol. The summed E-state index contributed by atoms with van der Waals surface area (Å²) in [4.78, 5) is 13.2. The van der Waals surface area contributed by atoms with Crippen LogP contribution in [0.2, 0.25) is 0 Å². The molecular formula is C17H13BrN2O3. The topological polar surface area (TPSA) is 68.2 Å². The van der Waals surface area contributed by atoms with Gasteiger partial charge in [0.1, 0.15) is 12.4 Å². The van der Waals surface area contributed by atoms with Gasteiger partial charge in [0, 0.05) is 22.3 Å². The third-order valence-electron chi connectivity index (χ3n) is 3.39. The number of H-pyrrole nitrogens is 1. The zero-order valence-corrected chi connectivity index (χ0v) is 13.6. The number of aromatic nitrogens is 1. The van der Waals surface area contributed by atoms with Crippen molar-refractivity contribution in [2.24, 2.45) is 0 Å². The lowest BCUT2D eigenvalue weighted by molar-refractivity contribution is -0.400. The van der Waals surface area contributed by atoms with Crippen LogP contribution >= 0.6 is 15.9 Å². The van der Waals surface area contributed by atoms with Gasteiger partial charge in [-0.1, -0.05) is 30.3 Å². The van der Waals surface area contributed by atoms with E-state index in [0.717, 1.165) is 27.1 Å². The number of ether oxygens (including phenoxy) is 1. The van der Waals surface area contributed by atoms with E-state index in [2.05, 4.69) is 20.9 Å². The Hall–Kier alpha value is -2.60. The van der Waals surface area contributed by atoms with Crippen molar-refractivity contribution in [2.75, 3.05) is 0 Å². The second-order valence-corrected chi connectivity index (χ2v) is 5.77. The molecule has 0 unspecified atom stereocenters. The minimum absolute atomic E-state index is 0.432. The highest BCUT2D eigenvalue weighted by Crippen LogP contribution is 2.35. The summed E-state index contributed by atoms with van der Waals surface area (Å²) in [5.41, 5.74) is 2.61. The van der Waals surface area contributed by atoms with E-state index in [1.165, 1.54) is 6.08 Å². The van der Waals surface area contributed by atoms with Crippen molar-refractivity contribution in [2.45, 2.75) is 6.61 Å². The number of nitrogens with zero attached hydrogens (tertiary/aromatic N) is 1. The van der Waals surface area contributed by atoms with Crippen molar-refractivity contribution in [3.8, 4) is 5.75 Å². The van der Waals surface area contributed by atoms with E-state index in [-0.39, 0.29) is 0 Å². The predicted molar refractivity (Wildman–Crippen MR) is 92.8 cm³/mol. The minimum atomic E-state index is -0.485. The number of halogens is 1. The van der Waals surface area contributed by atoms with Crippen LogP contribution in [0.3, 0.4) is 0 Å². The van der Waals surface area contributed by atoms with Gasteiger partial charge >= 0.3 is 0 Å². The Bertz CT molecular complexity index is 872. The van der Waals surface area contributed by atoms with E-state index >= 15 is 0 Å². The molecule has 0 saturated heterocycles. The first-order valence-electron chi connectivity index (χ1n) is 6.93. The van der Waals surface area contributed by atoms with Gasteiger partial charge in [-0.05, 0) is 33.6 Å². The monoisotopic (exact) mass is 372 g/mol. The zero-order chi connectivity index (χ0) is 16.2. The van der Waals surface area contributed by atoms with Gasteiger partial charge in [0.05, 0.1) is 15.8 Å². The Morgan fingerprint density at radius 1 is 1.22 bits per heavy atom. The highest BCUT2D eigenvalue weighted by atomic mass is 79.9. The fourth-order valence-electron chi connectivity index (χ4n) is 2.34. The molecular weight excluding hydrogens is 360 g/mol. The maximum Gasteiger partial charge on any atom is 0.235 e. The molecule has 116 valence electrons. The van der Waals surface area contributed by atoms with Crippen LogP contribution in [0.1, 0.15) is 11.1 Å². The van der Waals surface area contributed by atoms with Crippen LogP contribution < -0.4 is 4.74 Å². The van der Waals surface area contributed by atoms with Crippen molar-refractivity contribution < 1.29 is 9.66 Å². The molecule has 3 rings (SSSR count). The van der Waals surface area contributed by atoms with Crippen LogP contribution in [0.15, 0.2) is 59.3 Å². The first-order valence-corrected chi connectivity index (χ1v) is 7.72. The Morgan fingerprint density at radius 3 is 2.74 bits per heavy atom. The molecule has 1 heterocycles. The summed E-state index contributed by atoms with van der Waals surface area (Å²) in [7, 11) is 0. The van der Waals surface area contributed by atoms with Crippen LogP contribution in [0, 0.1) is 10.1 Å². The van der Waals surface area contributed by atoms with E-state index in [9.17, 15) is 10.1 Å². The molecule has 0 aliphatic heterocycles. The van der Waals surface area contributed by atoms with Crippen molar-refractivity contribution in [3.05, 3.63) is 80.6 Å². The maximum atomic E-state index is 10.6. The van der Waals surface area contributed by atoms with E-state index in [4.69, 9.17) is 4.74 Å². The smallest absolute Gasteiger partial charge is 0.235 e. The summed E-state index contributed by atoms with van der Waals surface area (Å²) in [5, 5.41) is 11.4. The van der Waals surface area contributed by atoms with Gasteiger partial charge in [0.2, 0.25) is 6.20 Å². The van der Waals surface area contributed by atoms with E-state index in [0.29, 0.717) is 17.9 Å². The Balaban J connectivity index is 1.97. The molecule has 6 heteroatoms. The first-order chi connectivity index (χ1) is 11.1. The van der Waals surface area contributed by atoms with Crippen LogP contribution in [0.4, 0.5) is 0 Å². The van der Waals surface area contributed by atoms with Crippen LogP contribution in [0.25, 0.3) is 17.0 Å². The molecule has 0 atom stereocenters. The number of fused-ring (bicyclic) bond motifs is 1. The van der Waals surface area contributed by atoms with Crippen LogP contribution in [-0.2, 0) is 6.61 Å². The van der Waals surface area contributed by atoms with Gasteiger partial charge in [-0.15, -0.1) is 0 Å². The molecule has 0 spiro atoms. The lowest BCUT2D eigenvalue weighted by atomic mass is 10.1. The molecule has 0 fully saturated rings. The molecule has 1 N–H and O–H groups in total. The summed E-state index contributed by atoms with van der Waals surface area (Å²) >= 11 is 3.48. The number of nitrogens with one attached hydrogen (secondary N) is 1. The number of nitro groups is 1. The quantitative estimate of drug-likeness (QED) is 0.518. The second-order valence-electron chi connectivity index (χ2n) is 4.91. The molecule has 0 saturated carbocycles. The van der Waals surface area contributed by atoms with Gasteiger partial charge in [-0.25, -0.2) is 0 Å². The van der Waals surface area contributed by atoms with Crippen LogP contribution in [-0.4, -0.2) is 9.91 Å². The van der Waals surface area contributed by atoms with Crippen molar-refractivity contribution in [3.63, 3.8) is 0 Å². The van der Waals surface area contributed by atoms with Gasteiger partial charge < -0.3 is 9.72 Å². The van der Waals surface area contributed by atoms with Gasteiger partial charge in [-0.2, -0.15) is 0 Å². The van der Waals surface area contributed by atoms with Crippen molar-refractivity contribution in [1.29, 1.82) is 0 Å². The molecule has 0 aliphatic rings.